The van der Waals surface area contributed by atoms with E-state index in [0.29, 0.717) is 0 Å². The van der Waals surface area contributed by atoms with Crippen LogP contribution in [0.15, 0.2) is 36.4 Å². The van der Waals surface area contributed by atoms with Crippen LogP contribution in [0.3, 0.4) is 0 Å². The van der Waals surface area contributed by atoms with Crippen molar-refractivity contribution in [2.24, 2.45) is 0 Å². The van der Waals surface area contributed by atoms with E-state index in [-0.39, 0.29) is 0 Å². The Kier molecular flexibility index (Phi) is 5.04. The lowest BCUT2D eigenvalue weighted by atomic mass is 9.97. The third kappa shape index (κ3) is 3.69. The molecule has 0 fully saturated rings. The first-order valence-corrected chi connectivity index (χ1v) is 8.65. The van der Waals surface area contributed by atoms with Crippen molar-refractivity contribution in [2.45, 2.75) is 19.5 Å². The molecule has 0 spiro atoms. The fraction of sp³-hybridized carbons (Fsp3) is 0.429. The highest BCUT2D eigenvalue weighted by atomic mass is 15.3. The van der Waals surface area contributed by atoms with Gasteiger partial charge in [-0.3, -0.25) is 9.80 Å². The van der Waals surface area contributed by atoms with Crippen LogP contribution in [0.4, 0.5) is 0 Å². The van der Waals surface area contributed by atoms with E-state index in [0.717, 1.165) is 26.2 Å². The van der Waals surface area contributed by atoms with Gasteiger partial charge in [-0.1, -0.05) is 30.3 Å². The molecule has 0 N–H and O–H groups in total. The van der Waals surface area contributed by atoms with Gasteiger partial charge in [-0.2, -0.15) is 0 Å². The molecule has 1 aliphatic carbocycles. The Balaban J connectivity index is 1.99. The minimum Gasteiger partial charge on any atom is -0.305 e. The van der Waals surface area contributed by atoms with Gasteiger partial charge in [-0.25, -0.2) is 0 Å². The van der Waals surface area contributed by atoms with Crippen LogP contribution in [0.5, 0.6) is 0 Å². The molecule has 0 amide bonds. The summed E-state index contributed by atoms with van der Waals surface area (Å²) in [4.78, 5) is 6.85. The van der Waals surface area contributed by atoms with E-state index in [4.69, 9.17) is 0 Å². The first kappa shape index (κ1) is 17.2. The van der Waals surface area contributed by atoms with Gasteiger partial charge >= 0.3 is 0 Å². The Labute approximate surface area is 146 Å². The van der Waals surface area contributed by atoms with Gasteiger partial charge in [0.1, 0.15) is 0 Å². The van der Waals surface area contributed by atoms with Crippen LogP contribution in [-0.4, -0.2) is 56.6 Å². The Morgan fingerprint density at radius 3 is 2.29 bits per heavy atom. The summed E-state index contributed by atoms with van der Waals surface area (Å²) in [6, 6.07) is 13.7. The van der Waals surface area contributed by atoms with Crippen LogP contribution in [0.25, 0.3) is 11.1 Å². The molecule has 0 aromatic heterocycles. The number of hydrogen-bond donors (Lipinski definition) is 0. The summed E-state index contributed by atoms with van der Waals surface area (Å²) in [6.45, 7) is 2.95. The molecule has 24 heavy (non-hydrogen) atoms. The third-order valence-corrected chi connectivity index (χ3v) is 4.54. The second kappa shape index (κ2) is 7.06. The molecule has 0 bridgehead atoms. The Morgan fingerprint density at radius 2 is 1.58 bits per heavy atom. The van der Waals surface area contributed by atoms with E-state index in [1.807, 2.05) is 0 Å². The van der Waals surface area contributed by atoms with E-state index in [2.05, 4.69) is 86.3 Å². The molecule has 0 heterocycles. The molecule has 0 saturated carbocycles. The summed E-state index contributed by atoms with van der Waals surface area (Å²) in [7, 11) is 10.7. The third-order valence-electron chi connectivity index (χ3n) is 4.54. The van der Waals surface area contributed by atoms with Crippen molar-refractivity contribution < 1.29 is 0 Å². The lowest BCUT2D eigenvalue weighted by molar-refractivity contribution is 0.204. The Morgan fingerprint density at radius 1 is 0.833 bits per heavy atom. The first-order chi connectivity index (χ1) is 11.4. The highest BCUT2D eigenvalue weighted by Crippen LogP contribution is 2.39. The molecule has 0 radical (unpaired) electrons. The smallest absolute Gasteiger partial charge is 0.0501 e. The quantitative estimate of drug-likeness (QED) is 0.645. The molecule has 2 aromatic carbocycles. The number of rotatable bonds is 6. The lowest BCUT2D eigenvalue weighted by Crippen LogP contribution is -2.30. The Bertz CT molecular complexity index is 719. The highest BCUT2D eigenvalue weighted by Gasteiger charge is 2.22. The fourth-order valence-electron chi connectivity index (χ4n) is 3.80. The van der Waals surface area contributed by atoms with Crippen molar-refractivity contribution in [3.05, 3.63) is 58.7 Å². The first-order valence-electron chi connectivity index (χ1n) is 8.65. The zero-order chi connectivity index (χ0) is 17.3. The number of fused-ring (bicyclic) bond motifs is 3. The highest BCUT2D eigenvalue weighted by molar-refractivity contribution is 5.78. The van der Waals surface area contributed by atoms with E-state index in [1.165, 1.54) is 33.4 Å². The van der Waals surface area contributed by atoms with Gasteiger partial charge in [0.2, 0.25) is 0 Å². The second-order valence-corrected chi connectivity index (χ2v) is 7.59. The van der Waals surface area contributed by atoms with Crippen LogP contribution in [0.2, 0.25) is 0 Å². The SMILES string of the molecule is CN(C)Cc1cc(CN(C)CN(C)C)c2c(c1)-c1ccccc1C2. The molecule has 0 unspecified atom stereocenters. The summed E-state index contributed by atoms with van der Waals surface area (Å²) in [5.41, 5.74) is 8.73. The topological polar surface area (TPSA) is 9.72 Å². The molecule has 3 nitrogen and oxygen atoms in total. The van der Waals surface area contributed by atoms with Gasteiger partial charge in [0.05, 0.1) is 6.67 Å². The van der Waals surface area contributed by atoms with Crippen LogP contribution >= 0.6 is 0 Å². The van der Waals surface area contributed by atoms with Crippen molar-refractivity contribution in [3.63, 3.8) is 0 Å². The van der Waals surface area contributed by atoms with Crippen molar-refractivity contribution >= 4 is 0 Å². The van der Waals surface area contributed by atoms with Gasteiger partial charge in [0.25, 0.3) is 0 Å². The number of nitrogens with zero attached hydrogens (tertiary/aromatic N) is 3. The second-order valence-electron chi connectivity index (χ2n) is 7.59. The Hall–Kier alpha value is -1.68. The van der Waals surface area contributed by atoms with Gasteiger partial charge in [0, 0.05) is 13.1 Å². The fourth-order valence-corrected chi connectivity index (χ4v) is 3.80. The molecule has 128 valence electrons. The van der Waals surface area contributed by atoms with Crippen molar-refractivity contribution in [1.29, 1.82) is 0 Å². The van der Waals surface area contributed by atoms with Gasteiger partial charge in [-0.05, 0) is 81.1 Å². The van der Waals surface area contributed by atoms with Gasteiger partial charge in [0.15, 0.2) is 0 Å². The van der Waals surface area contributed by atoms with Gasteiger partial charge in [-0.15, -0.1) is 0 Å². The number of hydrogen-bond acceptors (Lipinski definition) is 3. The maximum atomic E-state index is 2.41. The average molecular weight is 323 g/mol. The van der Waals surface area contributed by atoms with E-state index < -0.39 is 0 Å². The zero-order valence-electron chi connectivity index (χ0n) is 15.6. The molecule has 3 rings (SSSR count). The van der Waals surface area contributed by atoms with Crippen LogP contribution in [0.1, 0.15) is 22.3 Å². The maximum Gasteiger partial charge on any atom is 0.0501 e. The van der Waals surface area contributed by atoms with Gasteiger partial charge < -0.3 is 4.90 Å². The van der Waals surface area contributed by atoms with E-state index >= 15 is 0 Å². The summed E-state index contributed by atoms with van der Waals surface area (Å²) < 4.78 is 0. The van der Waals surface area contributed by atoms with Crippen LogP contribution in [0, 0.1) is 0 Å². The minimum atomic E-state index is 0.972. The predicted octanol–water partition coefficient (Wildman–Crippen LogP) is 3.27. The minimum absolute atomic E-state index is 0.972. The monoisotopic (exact) mass is 323 g/mol. The van der Waals surface area contributed by atoms with Crippen molar-refractivity contribution in [2.75, 3.05) is 41.9 Å². The molecule has 3 heteroatoms. The largest absolute Gasteiger partial charge is 0.305 e. The summed E-state index contributed by atoms with van der Waals surface area (Å²) in [5.74, 6) is 0. The molecular formula is C21H29N3. The standard InChI is InChI=1S/C21H29N3/c1-22(2)13-16-10-18(14-24(5)15-23(3)4)20-12-17-8-6-7-9-19(17)21(20)11-16/h6-11H,12-15H2,1-5H3. The van der Waals surface area contributed by atoms with Crippen LogP contribution in [-0.2, 0) is 19.5 Å². The van der Waals surface area contributed by atoms with Crippen molar-refractivity contribution in [3.8, 4) is 11.1 Å². The molecular weight excluding hydrogens is 294 g/mol. The summed E-state index contributed by atoms with van der Waals surface area (Å²) in [6.07, 6.45) is 1.07. The number of benzene rings is 2. The maximum absolute atomic E-state index is 2.41. The summed E-state index contributed by atoms with van der Waals surface area (Å²) >= 11 is 0. The van der Waals surface area contributed by atoms with Crippen molar-refractivity contribution in [1.82, 2.24) is 14.7 Å². The predicted molar refractivity (Wildman–Crippen MR) is 102 cm³/mol. The van der Waals surface area contributed by atoms with E-state index in [1.54, 1.807) is 0 Å². The normalized spacial score (nSPS) is 13.0. The molecule has 2 aromatic rings. The van der Waals surface area contributed by atoms with Crippen LogP contribution < -0.4 is 0 Å². The average Bonchev–Trinajstić information content (AvgIpc) is 2.85. The molecule has 0 saturated heterocycles. The zero-order valence-corrected chi connectivity index (χ0v) is 15.6. The summed E-state index contributed by atoms with van der Waals surface area (Å²) in [5, 5.41) is 0. The molecule has 0 atom stereocenters. The molecule has 1 aliphatic rings. The lowest BCUT2D eigenvalue weighted by Gasteiger charge is -2.23. The molecule has 0 aliphatic heterocycles. The van der Waals surface area contributed by atoms with E-state index in [9.17, 15) is 0 Å².